The van der Waals surface area contributed by atoms with Crippen molar-refractivity contribution >= 4 is 28.6 Å². The summed E-state index contributed by atoms with van der Waals surface area (Å²) in [5.74, 6) is 7.34. The van der Waals surface area contributed by atoms with Crippen molar-refractivity contribution < 1.29 is 9.30 Å². The maximum Gasteiger partial charge on any atom is 0.179 e. The van der Waals surface area contributed by atoms with Gasteiger partial charge in [-0.15, -0.1) is 5.73 Å². The second-order valence-electron chi connectivity index (χ2n) is 9.27. The Morgan fingerprint density at radius 3 is 1.73 bits per heavy atom. The first kappa shape index (κ1) is 26.8. The van der Waals surface area contributed by atoms with E-state index >= 15 is 4.57 Å². The van der Waals surface area contributed by atoms with Crippen LogP contribution in [0.2, 0.25) is 0 Å². The predicted octanol–water partition coefficient (Wildman–Crippen LogP) is 8.15. The third-order valence-corrected chi connectivity index (χ3v) is 9.72. The van der Waals surface area contributed by atoms with Crippen LogP contribution in [0.25, 0.3) is 10.9 Å². The number of methoxy groups -OCH3 is 1. The van der Waals surface area contributed by atoms with Crippen LogP contribution < -0.4 is 15.3 Å². The average molecular weight is 537 g/mol. The van der Waals surface area contributed by atoms with Crippen LogP contribution in [-0.2, 0) is 4.57 Å². The molecule has 0 unspecified atom stereocenters. The minimum absolute atomic E-state index is 0.635. The van der Waals surface area contributed by atoms with Crippen LogP contribution in [0.1, 0.15) is 29.2 Å². The van der Waals surface area contributed by atoms with Crippen molar-refractivity contribution in [1.82, 2.24) is 0 Å². The van der Waals surface area contributed by atoms with Gasteiger partial charge >= 0.3 is 0 Å². The van der Waals surface area contributed by atoms with E-state index in [1.165, 1.54) is 0 Å². The van der Waals surface area contributed by atoms with Gasteiger partial charge in [0.05, 0.1) is 12.4 Å². The van der Waals surface area contributed by atoms with Gasteiger partial charge < -0.3 is 9.30 Å². The molecule has 3 heteroatoms. The van der Waals surface area contributed by atoms with Crippen molar-refractivity contribution in [2.75, 3.05) is 7.11 Å². The fraction of sp³-hybridized carbons (Fsp3) is 0.0541. The third-order valence-electron chi connectivity index (χ3n) is 6.67. The normalized spacial score (nSPS) is 10.6. The number of benzene rings is 5. The van der Waals surface area contributed by atoms with E-state index in [-0.39, 0.29) is 0 Å². The first-order chi connectivity index (χ1) is 19.6. The van der Waals surface area contributed by atoms with Crippen molar-refractivity contribution in [2.24, 2.45) is 0 Å². The molecule has 0 saturated heterocycles. The monoisotopic (exact) mass is 536 g/mol. The summed E-state index contributed by atoms with van der Waals surface area (Å²) in [6, 6.07) is 45.0. The lowest BCUT2D eigenvalue weighted by atomic mass is 10.0. The highest BCUT2D eigenvalue weighted by Gasteiger charge is 2.33. The summed E-state index contributed by atoms with van der Waals surface area (Å²) in [7, 11) is -1.68. The SMILES string of the molecule is COc1ccc(C(=C=C(C)c2ccccc2C#Cc2ccccc2)P(=O)(c2ccccc2)c2ccccc2)cc1. The highest BCUT2D eigenvalue weighted by molar-refractivity contribution is 7.87. The van der Waals surface area contributed by atoms with Crippen LogP contribution >= 0.6 is 7.14 Å². The number of hydrogen-bond donors (Lipinski definition) is 0. The Balaban J connectivity index is 1.79. The van der Waals surface area contributed by atoms with Gasteiger partial charge in [-0.25, -0.2) is 0 Å². The quantitative estimate of drug-likeness (QED) is 0.124. The number of allylic oxidation sites excluding steroid dienone is 1. The molecule has 0 aromatic heterocycles. The van der Waals surface area contributed by atoms with Crippen molar-refractivity contribution in [3.63, 3.8) is 0 Å². The molecule has 0 spiro atoms. The standard InChI is InChI=1S/C37H29O2P/c1-29(36-21-13-12-16-31(36)23-22-30-14-6-3-7-15-30)28-37(32-24-26-33(39-2)27-25-32)40(38,34-17-8-4-9-18-34)35-19-10-5-11-20-35/h3-21,24-27H,1-2H3. The average Bonchev–Trinajstić information content (AvgIpc) is 3.03. The lowest BCUT2D eigenvalue weighted by Gasteiger charge is -2.22. The van der Waals surface area contributed by atoms with Crippen molar-refractivity contribution in [2.45, 2.75) is 6.92 Å². The van der Waals surface area contributed by atoms with E-state index in [1.807, 2.05) is 146 Å². The maximum atomic E-state index is 15.5. The molecule has 0 fully saturated rings. The summed E-state index contributed by atoms with van der Waals surface area (Å²) in [4.78, 5) is 0. The van der Waals surface area contributed by atoms with Gasteiger partial charge in [-0.3, -0.25) is 0 Å². The molecule has 2 nitrogen and oxygen atoms in total. The summed E-state index contributed by atoms with van der Waals surface area (Å²) in [5.41, 5.74) is 8.09. The molecule has 0 radical (unpaired) electrons. The van der Waals surface area contributed by atoms with E-state index in [9.17, 15) is 0 Å². The molecule has 0 aliphatic carbocycles. The second kappa shape index (κ2) is 12.4. The zero-order valence-electron chi connectivity index (χ0n) is 22.5. The van der Waals surface area contributed by atoms with Crippen LogP contribution in [0.15, 0.2) is 145 Å². The molecule has 5 aromatic rings. The van der Waals surface area contributed by atoms with Crippen LogP contribution in [-0.4, -0.2) is 7.11 Å². The second-order valence-corrected chi connectivity index (χ2v) is 12.0. The summed E-state index contributed by atoms with van der Waals surface area (Å²) in [5, 5.41) is 2.14. The lowest BCUT2D eigenvalue weighted by Crippen LogP contribution is -2.16. The largest absolute Gasteiger partial charge is 0.497 e. The summed E-state index contributed by atoms with van der Waals surface area (Å²) >= 11 is 0. The highest BCUT2D eigenvalue weighted by atomic mass is 31.2. The van der Waals surface area contributed by atoms with Crippen LogP contribution in [0.3, 0.4) is 0 Å². The Bertz CT molecular complexity index is 1730. The first-order valence-electron chi connectivity index (χ1n) is 13.1. The Kier molecular flexibility index (Phi) is 8.29. The van der Waals surface area contributed by atoms with Gasteiger partial charge in [0.1, 0.15) is 5.75 Å². The topological polar surface area (TPSA) is 26.3 Å². The molecule has 0 atom stereocenters. The summed E-state index contributed by atoms with van der Waals surface area (Å²) in [6.45, 7) is 2.01. The predicted molar refractivity (Wildman–Crippen MR) is 168 cm³/mol. The van der Waals surface area contributed by atoms with Crippen LogP contribution in [0.4, 0.5) is 0 Å². The zero-order valence-corrected chi connectivity index (χ0v) is 23.4. The van der Waals surface area contributed by atoms with Gasteiger partial charge in [0.25, 0.3) is 0 Å². The molecule has 5 aromatic carbocycles. The van der Waals surface area contributed by atoms with E-state index in [4.69, 9.17) is 4.74 Å². The van der Waals surface area contributed by atoms with Crippen LogP contribution in [0.5, 0.6) is 5.75 Å². The molecule has 0 N–H and O–H groups in total. The van der Waals surface area contributed by atoms with Gasteiger partial charge in [0, 0.05) is 32.9 Å². The molecule has 0 aliphatic heterocycles. The summed E-state index contributed by atoms with van der Waals surface area (Å²) in [6.07, 6.45) is 0. The van der Waals surface area contributed by atoms with Gasteiger partial charge in [-0.2, -0.15) is 0 Å². The molecule has 0 aliphatic rings. The Labute approximate surface area is 236 Å². The van der Waals surface area contributed by atoms with Gasteiger partial charge in [0.2, 0.25) is 0 Å². The van der Waals surface area contributed by atoms with Gasteiger partial charge in [-0.1, -0.05) is 109 Å². The molecule has 0 saturated carbocycles. The number of rotatable bonds is 6. The first-order valence-corrected chi connectivity index (χ1v) is 14.8. The molecule has 0 amide bonds. The Hall–Kier alpha value is -4.79. The molecule has 5 rings (SSSR count). The number of hydrogen-bond acceptors (Lipinski definition) is 2. The van der Waals surface area contributed by atoms with Gasteiger partial charge in [-0.05, 0) is 55.0 Å². The van der Waals surface area contributed by atoms with E-state index in [0.29, 0.717) is 5.31 Å². The molecular formula is C37H29O2P. The maximum absolute atomic E-state index is 15.5. The Morgan fingerprint density at radius 2 is 1.15 bits per heavy atom. The highest BCUT2D eigenvalue weighted by Crippen LogP contribution is 2.56. The smallest absolute Gasteiger partial charge is 0.179 e. The molecule has 194 valence electrons. The van der Waals surface area contributed by atoms with E-state index < -0.39 is 7.14 Å². The van der Waals surface area contributed by atoms with E-state index in [1.54, 1.807) is 7.11 Å². The van der Waals surface area contributed by atoms with Crippen molar-refractivity contribution in [3.8, 4) is 17.6 Å². The fourth-order valence-electron chi connectivity index (χ4n) is 4.59. The molecule has 0 heterocycles. The summed E-state index contributed by atoms with van der Waals surface area (Å²) < 4.78 is 20.9. The van der Waals surface area contributed by atoms with E-state index in [2.05, 4.69) is 17.6 Å². The fourth-order valence-corrected chi connectivity index (χ4v) is 7.43. The number of ether oxygens (including phenoxy) is 1. The molecular weight excluding hydrogens is 507 g/mol. The van der Waals surface area contributed by atoms with Gasteiger partial charge in [0.15, 0.2) is 7.14 Å². The molecule has 0 bridgehead atoms. The molecule has 40 heavy (non-hydrogen) atoms. The minimum atomic E-state index is -3.32. The van der Waals surface area contributed by atoms with Crippen LogP contribution in [0, 0.1) is 11.8 Å². The van der Waals surface area contributed by atoms with E-state index in [0.717, 1.165) is 44.2 Å². The minimum Gasteiger partial charge on any atom is -0.497 e. The van der Waals surface area contributed by atoms with Crippen molar-refractivity contribution in [3.05, 3.63) is 168 Å². The Morgan fingerprint density at radius 1 is 0.625 bits per heavy atom. The van der Waals surface area contributed by atoms with Crippen molar-refractivity contribution in [1.29, 1.82) is 0 Å². The lowest BCUT2D eigenvalue weighted by molar-refractivity contribution is 0.415. The third kappa shape index (κ3) is 5.78. The zero-order chi connectivity index (χ0) is 27.8.